The highest BCUT2D eigenvalue weighted by Gasteiger charge is 2.07. The van der Waals surface area contributed by atoms with Crippen LogP contribution in [0, 0.1) is 0 Å². The summed E-state index contributed by atoms with van der Waals surface area (Å²) < 4.78 is 8.87. The van der Waals surface area contributed by atoms with E-state index in [1.165, 1.54) is 0 Å². The van der Waals surface area contributed by atoms with Gasteiger partial charge in [0.25, 0.3) is 0 Å². The Balaban J connectivity index is 1.65. The predicted molar refractivity (Wildman–Crippen MR) is 127 cm³/mol. The van der Waals surface area contributed by atoms with Crippen LogP contribution < -0.4 is 9.54 Å². The van der Waals surface area contributed by atoms with Crippen molar-refractivity contribution in [2.75, 3.05) is 6.54 Å². The molecule has 0 fully saturated rings. The van der Waals surface area contributed by atoms with Crippen LogP contribution in [0.5, 0.6) is 11.5 Å². The summed E-state index contributed by atoms with van der Waals surface area (Å²) in [5.74, 6) is 1.58. The number of aromatic nitrogens is 1. The van der Waals surface area contributed by atoms with Crippen LogP contribution in [0.15, 0.2) is 98.8 Å². The van der Waals surface area contributed by atoms with Gasteiger partial charge in [-0.05, 0) is 48.9 Å². The largest absolute Gasteiger partial charge is 0.457 e. The molecule has 1 aromatic heterocycles. The Kier molecular flexibility index (Phi) is 6.57. The van der Waals surface area contributed by atoms with Gasteiger partial charge in [-0.25, -0.2) is 4.68 Å². The molecule has 30 heavy (non-hydrogen) atoms. The summed E-state index contributed by atoms with van der Waals surface area (Å²) in [4.78, 5) is 5.45. The van der Waals surface area contributed by atoms with Crippen molar-refractivity contribution in [3.63, 3.8) is 0 Å². The predicted octanol–water partition coefficient (Wildman–Crippen LogP) is 6.57. The molecule has 0 aliphatic rings. The van der Waals surface area contributed by atoms with Crippen molar-refractivity contribution in [2.45, 2.75) is 6.92 Å². The van der Waals surface area contributed by atoms with Crippen LogP contribution in [-0.2, 0) is 0 Å². The van der Waals surface area contributed by atoms with E-state index in [0.29, 0.717) is 6.54 Å². The number of ether oxygens (including phenoxy) is 1. The number of thiazole rings is 1. The maximum absolute atomic E-state index is 5.93. The van der Waals surface area contributed by atoms with E-state index in [2.05, 4.69) is 38.4 Å². The second kappa shape index (κ2) is 9.69. The molecule has 3 aromatic carbocycles. The number of benzene rings is 3. The standard InChI is InChI=1S/C24H20BrN3OS/c1-2-26-24-28(23(17-30-24)19-11-13-20(25)14-12-19)27-16-18-7-6-10-22(15-18)29-21-8-4-3-5-9-21/h3-17H,2H2,1H3. The molecular formula is C24H20BrN3OS. The second-order valence-corrected chi connectivity index (χ2v) is 8.18. The van der Waals surface area contributed by atoms with E-state index in [1.54, 1.807) is 11.3 Å². The van der Waals surface area contributed by atoms with Crippen molar-refractivity contribution < 1.29 is 4.74 Å². The number of rotatable bonds is 6. The number of hydrogen-bond donors (Lipinski definition) is 0. The molecule has 0 saturated carbocycles. The Hall–Kier alpha value is -2.96. The zero-order chi connectivity index (χ0) is 20.8. The van der Waals surface area contributed by atoms with Gasteiger partial charge in [0.05, 0.1) is 11.9 Å². The maximum Gasteiger partial charge on any atom is 0.206 e. The smallest absolute Gasteiger partial charge is 0.206 e. The number of para-hydroxylation sites is 1. The van der Waals surface area contributed by atoms with Gasteiger partial charge in [-0.2, -0.15) is 5.10 Å². The fourth-order valence-electron chi connectivity index (χ4n) is 2.88. The van der Waals surface area contributed by atoms with Crippen molar-refractivity contribution >= 4 is 33.5 Å². The van der Waals surface area contributed by atoms with E-state index in [-0.39, 0.29) is 0 Å². The lowest BCUT2D eigenvalue weighted by atomic mass is 10.2. The van der Waals surface area contributed by atoms with Crippen molar-refractivity contribution in [3.8, 4) is 22.8 Å². The van der Waals surface area contributed by atoms with Crippen LogP contribution in [0.25, 0.3) is 11.3 Å². The molecule has 1 heterocycles. The molecule has 0 saturated heterocycles. The van der Waals surface area contributed by atoms with Gasteiger partial charge in [-0.3, -0.25) is 4.99 Å². The number of nitrogens with zero attached hydrogens (tertiary/aromatic N) is 3. The molecule has 0 unspecified atom stereocenters. The molecule has 4 rings (SSSR count). The molecule has 4 aromatic rings. The third kappa shape index (κ3) is 4.96. The van der Waals surface area contributed by atoms with Gasteiger partial charge < -0.3 is 4.74 Å². The van der Waals surface area contributed by atoms with Crippen LogP contribution >= 0.6 is 27.3 Å². The van der Waals surface area contributed by atoms with Crippen molar-refractivity contribution in [3.05, 3.63) is 99.1 Å². The molecule has 0 N–H and O–H groups in total. The summed E-state index contributed by atoms with van der Waals surface area (Å²) in [6.07, 6.45) is 1.83. The fraction of sp³-hybridized carbons (Fsp3) is 0.0833. The molecule has 0 radical (unpaired) electrons. The third-order valence-electron chi connectivity index (χ3n) is 4.28. The summed E-state index contributed by atoms with van der Waals surface area (Å²) in [5, 5.41) is 6.83. The van der Waals surface area contributed by atoms with E-state index in [4.69, 9.17) is 9.84 Å². The van der Waals surface area contributed by atoms with Gasteiger partial charge >= 0.3 is 0 Å². The molecular weight excluding hydrogens is 458 g/mol. The first-order valence-corrected chi connectivity index (χ1v) is 11.2. The Morgan fingerprint density at radius 2 is 1.73 bits per heavy atom. The van der Waals surface area contributed by atoms with Crippen molar-refractivity contribution in [1.82, 2.24) is 4.68 Å². The van der Waals surface area contributed by atoms with E-state index in [0.717, 1.165) is 37.6 Å². The minimum Gasteiger partial charge on any atom is -0.457 e. The van der Waals surface area contributed by atoms with Gasteiger partial charge in [0.2, 0.25) is 4.80 Å². The molecule has 0 bridgehead atoms. The summed E-state index contributed by atoms with van der Waals surface area (Å²) in [6, 6.07) is 25.8. The molecule has 150 valence electrons. The van der Waals surface area contributed by atoms with Crippen LogP contribution in [0.4, 0.5) is 0 Å². The molecule has 0 spiro atoms. The van der Waals surface area contributed by atoms with E-state index in [1.807, 2.05) is 84.5 Å². The quantitative estimate of drug-likeness (QED) is 0.289. The van der Waals surface area contributed by atoms with Crippen LogP contribution in [0.1, 0.15) is 12.5 Å². The minimum atomic E-state index is 0.705. The van der Waals surface area contributed by atoms with Crippen molar-refractivity contribution in [1.29, 1.82) is 0 Å². The average Bonchev–Trinajstić information content (AvgIpc) is 3.17. The first-order chi connectivity index (χ1) is 14.7. The SMILES string of the molecule is CCN=c1scc(-c2ccc(Br)cc2)n1N=Cc1cccc(Oc2ccccc2)c1. The third-order valence-corrected chi connectivity index (χ3v) is 5.66. The van der Waals surface area contributed by atoms with Gasteiger partial charge in [-0.15, -0.1) is 11.3 Å². The highest BCUT2D eigenvalue weighted by Crippen LogP contribution is 2.23. The first kappa shape index (κ1) is 20.3. The Labute approximate surface area is 188 Å². The van der Waals surface area contributed by atoms with Crippen LogP contribution in [0.2, 0.25) is 0 Å². The Morgan fingerprint density at radius 1 is 0.967 bits per heavy atom. The highest BCUT2D eigenvalue weighted by molar-refractivity contribution is 9.10. The van der Waals surface area contributed by atoms with Gasteiger partial charge in [0.15, 0.2) is 0 Å². The molecule has 4 nitrogen and oxygen atoms in total. The van der Waals surface area contributed by atoms with Gasteiger partial charge in [0, 0.05) is 22.0 Å². The summed E-state index contributed by atoms with van der Waals surface area (Å²) >= 11 is 5.08. The monoisotopic (exact) mass is 477 g/mol. The normalized spacial score (nSPS) is 11.9. The maximum atomic E-state index is 5.93. The number of hydrogen-bond acceptors (Lipinski definition) is 4. The van der Waals surface area contributed by atoms with Crippen LogP contribution in [-0.4, -0.2) is 17.4 Å². The lowest BCUT2D eigenvalue weighted by molar-refractivity contribution is 0.482. The molecule has 0 amide bonds. The summed E-state index contributed by atoms with van der Waals surface area (Å²) in [6.45, 7) is 2.73. The zero-order valence-corrected chi connectivity index (χ0v) is 18.8. The zero-order valence-electron chi connectivity index (χ0n) is 16.4. The first-order valence-electron chi connectivity index (χ1n) is 9.57. The second-order valence-electron chi connectivity index (χ2n) is 6.43. The van der Waals surface area contributed by atoms with E-state index < -0.39 is 0 Å². The Morgan fingerprint density at radius 3 is 2.50 bits per heavy atom. The highest BCUT2D eigenvalue weighted by atomic mass is 79.9. The molecule has 0 aliphatic heterocycles. The minimum absolute atomic E-state index is 0.705. The molecule has 0 aliphatic carbocycles. The summed E-state index contributed by atoms with van der Waals surface area (Å²) in [5.41, 5.74) is 3.05. The Bertz CT molecular complexity index is 1210. The lowest BCUT2D eigenvalue weighted by Crippen LogP contribution is -2.12. The lowest BCUT2D eigenvalue weighted by Gasteiger charge is -2.06. The van der Waals surface area contributed by atoms with E-state index in [9.17, 15) is 0 Å². The number of halogens is 1. The fourth-order valence-corrected chi connectivity index (χ4v) is 4.05. The van der Waals surface area contributed by atoms with E-state index >= 15 is 0 Å². The topological polar surface area (TPSA) is 38.9 Å². The molecule has 6 heteroatoms. The van der Waals surface area contributed by atoms with Crippen molar-refractivity contribution in [2.24, 2.45) is 10.1 Å². The average molecular weight is 478 g/mol. The summed E-state index contributed by atoms with van der Waals surface area (Å²) in [7, 11) is 0. The van der Waals surface area contributed by atoms with Crippen LogP contribution in [0.3, 0.4) is 0 Å². The van der Waals surface area contributed by atoms with Gasteiger partial charge in [-0.1, -0.05) is 58.4 Å². The van der Waals surface area contributed by atoms with Gasteiger partial charge in [0.1, 0.15) is 11.5 Å². The molecule has 0 atom stereocenters.